The molecule has 0 unspecified atom stereocenters. The summed E-state index contributed by atoms with van der Waals surface area (Å²) in [6, 6.07) is 8.13. The summed E-state index contributed by atoms with van der Waals surface area (Å²) in [6.07, 6.45) is 0.919. The highest BCUT2D eigenvalue weighted by Crippen LogP contribution is 2.27. The first-order valence-electron chi connectivity index (χ1n) is 11.3. The van der Waals surface area contributed by atoms with Crippen molar-refractivity contribution in [3.8, 4) is 6.07 Å². The van der Waals surface area contributed by atoms with Crippen LogP contribution in [0.15, 0.2) is 29.2 Å². The fraction of sp³-hybridized carbons (Fsp3) is 0.609. The second kappa shape index (κ2) is 10.2. The quantitative estimate of drug-likeness (QED) is 0.680. The number of carbonyl (C=O) groups excluding carboxylic acids is 2. The molecule has 2 heterocycles. The van der Waals surface area contributed by atoms with Crippen LogP contribution in [0.4, 0.5) is 0 Å². The Balaban J connectivity index is 1.50. The number of sulfonamides is 1. The molecule has 2 amide bonds. The van der Waals surface area contributed by atoms with E-state index in [4.69, 9.17) is 0 Å². The van der Waals surface area contributed by atoms with Gasteiger partial charge in [0.1, 0.15) is 6.07 Å². The Morgan fingerprint density at radius 2 is 1.67 bits per heavy atom. The van der Waals surface area contributed by atoms with Crippen LogP contribution < -0.4 is 5.32 Å². The minimum Gasteiger partial charge on any atom is -0.350 e. The molecule has 0 bridgehead atoms. The maximum atomic E-state index is 13.0. The molecular weight excluding hydrogens is 442 g/mol. The maximum Gasteiger partial charge on any atom is 0.244 e. The van der Waals surface area contributed by atoms with Crippen LogP contribution in [0.3, 0.4) is 0 Å². The topological polar surface area (TPSA) is 114 Å². The molecule has 2 saturated heterocycles. The molecule has 9 nitrogen and oxygen atoms in total. The molecule has 1 N–H and O–H groups in total. The standard InChI is InChI=1S/C23H33N5O4S/c1-23(2,3)25-21(29)17-26-12-14-27(15-13-26)22(30)18-8-10-28(11-9-18)33(31,32)20-7-5-4-6-19(20)16-24/h4-7,18H,8-15,17H2,1-3H3,(H,25,29). The number of carbonyl (C=O) groups is 2. The van der Waals surface area contributed by atoms with Gasteiger partial charge < -0.3 is 10.2 Å². The van der Waals surface area contributed by atoms with Gasteiger partial charge in [0.25, 0.3) is 0 Å². The molecule has 2 fully saturated rings. The first-order chi connectivity index (χ1) is 15.5. The molecule has 0 aliphatic carbocycles. The van der Waals surface area contributed by atoms with Crippen LogP contribution in [0, 0.1) is 17.2 Å². The summed E-state index contributed by atoms with van der Waals surface area (Å²) in [4.78, 5) is 29.1. The predicted molar refractivity (Wildman–Crippen MR) is 124 cm³/mol. The lowest BCUT2D eigenvalue weighted by atomic mass is 9.96. The average Bonchev–Trinajstić information content (AvgIpc) is 2.78. The predicted octanol–water partition coefficient (Wildman–Crippen LogP) is 1.02. The zero-order valence-electron chi connectivity index (χ0n) is 19.6. The molecule has 180 valence electrons. The second-order valence-corrected chi connectivity index (χ2v) is 11.6. The summed E-state index contributed by atoms with van der Waals surface area (Å²) in [5, 5.41) is 12.2. The first kappa shape index (κ1) is 25.1. The number of piperidine rings is 1. The van der Waals surface area contributed by atoms with Crippen LogP contribution >= 0.6 is 0 Å². The van der Waals surface area contributed by atoms with E-state index in [1.807, 2.05) is 36.6 Å². The van der Waals surface area contributed by atoms with E-state index in [1.165, 1.54) is 16.4 Å². The Bertz CT molecular complexity index is 1010. The van der Waals surface area contributed by atoms with Crippen LogP contribution in [-0.2, 0) is 19.6 Å². The smallest absolute Gasteiger partial charge is 0.244 e. The van der Waals surface area contributed by atoms with Crippen molar-refractivity contribution >= 4 is 21.8 Å². The van der Waals surface area contributed by atoms with Crippen LogP contribution in [-0.4, -0.2) is 85.7 Å². The van der Waals surface area contributed by atoms with E-state index >= 15 is 0 Å². The Morgan fingerprint density at radius 1 is 1.06 bits per heavy atom. The third-order valence-corrected chi connectivity index (χ3v) is 7.95. The van der Waals surface area contributed by atoms with Crippen LogP contribution in [0.1, 0.15) is 39.2 Å². The number of nitrogens with zero attached hydrogens (tertiary/aromatic N) is 4. The van der Waals surface area contributed by atoms with Crippen molar-refractivity contribution in [1.82, 2.24) is 19.4 Å². The minimum absolute atomic E-state index is 0.0175. The number of amides is 2. The summed E-state index contributed by atoms with van der Waals surface area (Å²) in [7, 11) is -3.77. The van der Waals surface area contributed by atoms with Gasteiger partial charge in [0.2, 0.25) is 21.8 Å². The van der Waals surface area contributed by atoms with Crippen molar-refractivity contribution in [1.29, 1.82) is 5.26 Å². The molecule has 3 rings (SSSR count). The highest BCUT2D eigenvalue weighted by atomic mass is 32.2. The van der Waals surface area contributed by atoms with Crippen LogP contribution in [0.2, 0.25) is 0 Å². The molecule has 10 heteroatoms. The Labute approximate surface area is 196 Å². The van der Waals surface area contributed by atoms with Gasteiger partial charge in [0.15, 0.2) is 0 Å². The van der Waals surface area contributed by atoms with E-state index in [0.29, 0.717) is 45.6 Å². The Kier molecular flexibility index (Phi) is 7.77. The zero-order valence-corrected chi connectivity index (χ0v) is 20.4. The molecule has 1 aromatic rings. The van der Waals surface area contributed by atoms with Gasteiger partial charge >= 0.3 is 0 Å². The van der Waals surface area contributed by atoms with E-state index < -0.39 is 10.0 Å². The molecule has 0 spiro atoms. The number of benzene rings is 1. The van der Waals surface area contributed by atoms with Gasteiger partial charge in [-0.2, -0.15) is 9.57 Å². The lowest BCUT2D eigenvalue weighted by Crippen LogP contribution is -2.54. The van der Waals surface area contributed by atoms with E-state index in [2.05, 4.69) is 5.32 Å². The van der Waals surface area contributed by atoms with Crippen LogP contribution in [0.25, 0.3) is 0 Å². The summed E-state index contributed by atoms with van der Waals surface area (Å²) >= 11 is 0. The van der Waals surface area contributed by atoms with Gasteiger partial charge in [-0.25, -0.2) is 8.42 Å². The van der Waals surface area contributed by atoms with Crippen molar-refractivity contribution in [2.45, 2.75) is 44.0 Å². The van der Waals surface area contributed by atoms with Crippen molar-refractivity contribution in [3.63, 3.8) is 0 Å². The normalized spacial score (nSPS) is 19.2. The molecule has 1 aromatic carbocycles. The van der Waals surface area contributed by atoms with E-state index in [-0.39, 0.29) is 46.8 Å². The van der Waals surface area contributed by atoms with Gasteiger partial charge in [0.05, 0.1) is 17.0 Å². The SMILES string of the molecule is CC(C)(C)NC(=O)CN1CCN(C(=O)C2CCN(S(=O)(=O)c3ccccc3C#N)CC2)CC1. The van der Waals surface area contributed by atoms with Crippen LogP contribution in [0.5, 0.6) is 0 Å². The highest BCUT2D eigenvalue weighted by molar-refractivity contribution is 7.89. The van der Waals surface area contributed by atoms with Crippen molar-refractivity contribution < 1.29 is 18.0 Å². The Morgan fingerprint density at radius 3 is 2.24 bits per heavy atom. The zero-order chi connectivity index (χ0) is 24.2. The third kappa shape index (κ3) is 6.31. The average molecular weight is 476 g/mol. The maximum absolute atomic E-state index is 13.0. The molecule has 0 radical (unpaired) electrons. The van der Waals surface area contributed by atoms with E-state index in [0.717, 1.165) is 0 Å². The number of rotatable bonds is 5. The minimum atomic E-state index is -3.77. The fourth-order valence-electron chi connectivity index (χ4n) is 4.31. The number of hydrogen-bond donors (Lipinski definition) is 1. The fourth-order valence-corrected chi connectivity index (χ4v) is 5.92. The second-order valence-electron chi connectivity index (χ2n) is 9.69. The van der Waals surface area contributed by atoms with Gasteiger partial charge in [-0.15, -0.1) is 0 Å². The van der Waals surface area contributed by atoms with Crippen molar-refractivity contribution in [2.75, 3.05) is 45.8 Å². The highest BCUT2D eigenvalue weighted by Gasteiger charge is 2.35. The summed E-state index contributed by atoms with van der Waals surface area (Å²) in [5.41, 5.74) is -0.141. The number of piperazine rings is 1. The van der Waals surface area contributed by atoms with E-state index in [9.17, 15) is 23.3 Å². The molecule has 33 heavy (non-hydrogen) atoms. The molecule has 0 aromatic heterocycles. The summed E-state index contributed by atoms with van der Waals surface area (Å²) in [5.74, 6) is -0.171. The first-order valence-corrected chi connectivity index (χ1v) is 12.8. The largest absolute Gasteiger partial charge is 0.350 e. The number of nitriles is 1. The van der Waals surface area contributed by atoms with Gasteiger partial charge in [-0.05, 0) is 45.7 Å². The third-order valence-electron chi connectivity index (χ3n) is 5.99. The summed E-state index contributed by atoms with van der Waals surface area (Å²) < 4.78 is 27.4. The lowest BCUT2D eigenvalue weighted by Gasteiger charge is -2.38. The Hall–Kier alpha value is -2.48. The van der Waals surface area contributed by atoms with Gasteiger partial charge in [-0.3, -0.25) is 14.5 Å². The van der Waals surface area contributed by atoms with Crippen molar-refractivity contribution in [3.05, 3.63) is 29.8 Å². The number of nitrogens with one attached hydrogen (secondary N) is 1. The monoisotopic (exact) mass is 475 g/mol. The number of hydrogen-bond acceptors (Lipinski definition) is 6. The molecule has 0 saturated carbocycles. The van der Waals surface area contributed by atoms with E-state index in [1.54, 1.807) is 12.1 Å². The molecule has 0 atom stereocenters. The van der Waals surface area contributed by atoms with Gasteiger partial charge in [-0.1, -0.05) is 12.1 Å². The molecule has 2 aliphatic heterocycles. The molecular formula is C23H33N5O4S. The van der Waals surface area contributed by atoms with Gasteiger partial charge in [0, 0.05) is 50.7 Å². The lowest BCUT2D eigenvalue weighted by molar-refractivity contribution is -0.138. The van der Waals surface area contributed by atoms with Crippen molar-refractivity contribution in [2.24, 2.45) is 5.92 Å². The molecule has 2 aliphatic rings. The summed E-state index contributed by atoms with van der Waals surface area (Å²) in [6.45, 7) is 9.08.